The van der Waals surface area contributed by atoms with E-state index < -0.39 is 0 Å². The Morgan fingerprint density at radius 3 is 3.12 bits per heavy atom. The fourth-order valence-corrected chi connectivity index (χ4v) is 3.17. The van der Waals surface area contributed by atoms with Gasteiger partial charge < -0.3 is 15.7 Å². The van der Waals surface area contributed by atoms with Crippen LogP contribution < -0.4 is 10.6 Å². The van der Waals surface area contributed by atoms with Crippen molar-refractivity contribution in [2.45, 2.75) is 25.3 Å². The van der Waals surface area contributed by atoms with E-state index in [9.17, 15) is 5.11 Å². The molecule has 86 valence electrons. The minimum Gasteiger partial charge on any atom is -0.506 e. The van der Waals surface area contributed by atoms with Gasteiger partial charge in [0.25, 0.3) is 0 Å². The van der Waals surface area contributed by atoms with E-state index in [1.54, 1.807) is 6.07 Å². The van der Waals surface area contributed by atoms with E-state index in [4.69, 9.17) is 5.73 Å². The van der Waals surface area contributed by atoms with Gasteiger partial charge in [0, 0.05) is 12.6 Å². The summed E-state index contributed by atoms with van der Waals surface area (Å²) in [7, 11) is 0. The zero-order valence-electron chi connectivity index (χ0n) is 9.39. The van der Waals surface area contributed by atoms with E-state index in [2.05, 4.69) is 11.0 Å². The number of nitrogens with zero attached hydrogens (tertiary/aromatic N) is 1. The van der Waals surface area contributed by atoms with Gasteiger partial charge >= 0.3 is 0 Å². The number of para-hydroxylation sites is 1. The van der Waals surface area contributed by atoms with Gasteiger partial charge in [-0.05, 0) is 43.4 Å². The molecule has 1 fully saturated rings. The van der Waals surface area contributed by atoms with Crippen LogP contribution in [0.4, 0.5) is 5.69 Å². The Balaban J connectivity index is 1.99. The predicted octanol–water partition coefficient (Wildman–Crippen LogP) is 1.49. The van der Waals surface area contributed by atoms with Crippen molar-refractivity contribution in [1.29, 1.82) is 0 Å². The molecule has 0 radical (unpaired) electrons. The zero-order chi connectivity index (χ0) is 11.1. The van der Waals surface area contributed by atoms with Crippen LogP contribution in [0, 0.1) is 5.92 Å². The Hall–Kier alpha value is -1.22. The second kappa shape index (κ2) is 3.67. The SMILES string of the molecule is NCC1CC2CCc3cccc(O)c3N2C1. The second-order valence-electron chi connectivity index (χ2n) is 4.97. The van der Waals surface area contributed by atoms with Crippen molar-refractivity contribution in [1.82, 2.24) is 0 Å². The number of hydrogen-bond acceptors (Lipinski definition) is 3. The maximum absolute atomic E-state index is 9.99. The van der Waals surface area contributed by atoms with Crippen LogP contribution in [0.15, 0.2) is 18.2 Å². The minimum absolute atomic E-state index is 0.430. The first-order valence-corrected chi connectivity index (χ1v) is 6.07. The highest BCUT2D eigenvalue weighted by atomic mass is 16.3. The summed E-state index contributed by atoms with van der Waals surface area (Å²) in [6.45, 7) is 1.77. The molecule has 3 N–H and O–H groups in total. The molecule has 0 spiro atoms. The molecule has 2 atom stereocenters. The molecule has 0 bridgehead atoms. The molecule has 0 aromatic heterocycles. The number of fused-ring (bicyclic) bond motifs is 3. The van der Waals surface area contributed by atoms with Crippen molar-refractivity contribution in [3.63, 3.8) is 0 Å². The van der Waals surface area contributed by atoms with Crippen LogP contribution in [0.25, 0.3) is 0 Å². The Bertz CT molecular complexity index is 405. The average molecular weight is 218 g/mol. The third kappa shape index (κ3) is 1.39. The lowest BCUT2D eigenvalue weighted by Crippen LogP contribution is -2.34. The zero-order valence-corrected chi connectivity index (χ0v) is 9.39. The normalized spacial score (nSPS) is 27.7. The Labute approximate surface area is 95.9 Å². The molecule has 3 heteroatoms. The molecule has 2 aliphatic heterocycles. The molecule has 0 saturated carbocycles. The summed E-state index contributed by atoms with van der Waals surface area (Å²) in [5, 5.41) is 9.99. The highest BCUT2D eigenvalue weighted by molar-refractivity contribution is 5.66. The van der Waals surface area contributed by atoms with E-state index in [1.807, 2.05) is 6.07 Å². The van der Waals surface area contributed by atoms with Gasteiger partial charge in [0.1, 0.15) is 5.75 Å². The summed E-state index contributed by atoms with van der Waals surface area (Å²) in [5.41, 5.74) is 8.11. The van der Waals surface area contributed by atoms with E-state index in [-0.39, 0.29) is 0 Å². The van der Waals surface area contributed by atoms with Crippen molar-refractivity contribution < 1.29 is 5.11 Å². The standard InChI is InChI=1S/C13H18N2O/c14-7-9-6-11-5-4-10-2-1-3-12(16)13(10)15(11)8-9/h1-3,9,11,16H,4-8,14H2. The molecule has 0 amide bonds. The number of phenols is 1. The molecule has 2 unspecified atom stereocenters. The third-order valence-electron chi connectivity index (χ3n) is 3.97. The molecule has 3 nitrogen and oxygen atoms in total. The first kappa shape index (κ1) is 9.97. The van der Waals surface area contributed by atoms with Crippen LogP contribution in [0.1, 0.15) is 18.4 Å². The topological polar surface area (TPSA) is 49.5 Å². The fraction of sp³-hybridized carbons (Fsp3) is 0.538. The molecular weight excluding hydrogens is 200 g/mol. The van der Waals surface area contributed by atoms with Crippen molar-refractivity contribution in [3.8, 4) is 5.75 Å². The predicted molar refractivity (Wildman–Crippen MR) is 64.7 cm³/mol. The molecule has 2 heterocycles. The Kier molecular flexibility index (Phi) is 2.28. The summed E-state index contributed by atoms with van der Waals surface area (Å²) in [6.07, 6.45) is 3.47. The molecule has 2 aliphatic rings. The van der Waals surface area contributed by atoms with Gasteiger partial charge in [0.05, 0.1) is 5.69 Å². The van der Waals surface area contributed by atoms with Gasteiger partial charge in [-0.25, -0.2) is 0 Å². The molecular formula is C13H18N2O. The van der Waals surface area contributed by atoms with E-state index in [1.165, 1.54) is 18.4 Å². The number of hydrogen-bond donors (Lipinski definition) is 2. The minimum atomic E-state index is 0.430. The number of aromatic hydroxyl groups is 1. The largest absolute Gasteiger partial charge is 0.506 e. The third-order valence-corrected chi connectivity index (χ3v) is 3.97. The fourth-order valence-electron chi connectivity index (χ4n) is 3.17. The average Bonchev–Trinajstić information content (AvgIpc) is 2.72. The van der Waals surface area contributed by atoms with Gasteiger partial charge in [-0.2, -0.15) is 0 Å². The van der Waals surface area contributed by atoms with Crippen LogP contribution in [0.2, 0.25) is 0 Å². The van der Waals surface area contributed by atoms with Gasteiger partial charge in [0.2, 0.25) is 0 Å². The van der Waals surface area contributed by atoms with E-state index >= 15 is 0 Å². The Morgan fingerprint density at radius 1 is 1.44 bits per heavy atom. The lowest BCUT2D eigenvalue weighted by atomic mass is 9.95. The summed E-state index contributed by atoms with van der Waals surface area (Å²) in [5.74, 6) is 1.02. The highest BCUT2D eigenvalue weighted by Crippen LogP contribution is 2.42. The van der Waals surface area contributed by atoms with Crippen molar-refractivity contribution in [2.24, 2.45) is 11.7 Å². The highest BCUT2D eigenvalue weighted by Gasteiger charge is 2.36. The summed E-state index contributed by atoms with van der Waals surface area (Å²) in [4.78, 5) is 2.37. The van der Waals surface area contributed by atoms with E-state index in [0.717, 1.165) is 25.2 Å². The lowest BCUT2D eigenvalue weighted by Gasteiger charge is -2.34. The summed E-state index contributed by atoms with van der Waals surface area (Å²) >= 11 is 0. The number of benzene rings is 1. The lowest BCUT2D eigenvalue weighted by molar-refractivity contribution is 0.466. The smallest absolute Gasteiger partial charge is 0.139 e. The van der Waals surface area contributed by atoms with E-state index in [0.29, 0.717) is 17.7 Å². The molecule has 1 saturated heterocycles. The van der Waals surface area contributed by atoms with Gasteiger partial charge in [-0.3, -0.25) is 0 Å². The summed E-state index contributed by atoms with van der Waals surface area (Å²) < 4.78 is 0. The van der Waals surface area contributed by atoms with Crippen LogP contribution >= 0.6 is 0 Å². The maximum Gasteiger partial charge on any atom is 0.139 e. The maximum atomic E-state index is 9.99. The number of anilines is 1. The quantitative estimate of drug-likeness (QED) is 0.751. The van der Waals surface area contributed by atoms with Gasteiger partial charge in [0.15, 0.2) is 0 Å². The number of phenolic OH excluding ortho intramolecular Hbond substituents is 1. The summed E-state index contributed by atoms with van der Waals surface area (Å²) in [6, 6.07) is 6.44. The second-order valence-corrected chi connectivity index (χ2v) is 4.97. The van der Waals surface area contributed by atoms with Crippen molar-refractivity contribution in [3.05, 3.63) is 23.8 Å². The molecule has 16 heavy (non-hydrogen) atoms. The van der Waals surface area contributed by atoms with Gasteiger partial charge in [-0.15, -0.1) is 0 Å². The first-order chi connectivity index (χ1) is 7.79. The first-order valence-electron chi connectivity index (χ1n) is 6.07. The number of aryl methyl sites for hydroxylation is 1. The number of rotatable bonds is 1. The van der Waals surface area contributed by atoms with Crippen LogP contribution in [-0.4, -0.2) is 24.2 Å². The van der Waals surface area contributed by atoms with Crippen LogP contribution in [0.3, 0.4) is 0 Å². The Morgan fingerprint density at radius 2 is 2.31 bits per heavy atom. The molecule has 1 aromatic carbocycles. The van der Waals surface area contributed by atoms with Crippen LogP contribution in [0.5, 0.6) is 5.75 Å². The van der Waals surface area contributed by atoms with Crippen molar-refractivity contribution in [2.75, 3.05) is 18.0 Å². The van der Waals surface area contributed by atoms with Crippen LogP contribution in [-0.2, 0) is 6.42 Å². The van der Waals surface area contributed by atoms with Gasteiger partial charge in [-0.1, -0.05) is 12.1 Å². The van der Waals surface area contributed by atoms with Crippen molar-refractivity contribution >= 4 is 5.69 Å². The molecule has 1 aromatic rings. The number of nitrogens with two attached hydrogens (primary N) is 1. The molecule has 3 rings (SSSR count). The molecule has 0 aliphatic carbocycles. The monoisotopic (exact) mass is 218 g/mol.